The van der Waals surface area contributed by atoms with E-state index in [2.05, 4.69) is 5.32 Å². The molecule has 2 aromatic carbocycles. The molecule has 0 bridgehead atoms. The summed E-state index contributed by atoms with van der Waals surface area (Å²) in [5, 5.41) is 20.4. The predicted molar refractivity (Wildman–Crippen MR) is 84.5 cm³/mol. The molecule has 0 aliphatic rings. The van der Waals surface area contributed by atoms with Gasteiger partial charge in [0.05, 0.1) is 11.1 Å². The van der Waals surface area contributed by atoms with Crippen LogP contribution in [0, 0.1) is 0 Å². The Hall–Kier alpha value is -3.41. The van der Waals surface area contributed by atoms with Crippen LogP contribution in [0.3, 0.4) is 0 Å². The van der Waals surface area contributed by atoms with E-state index < -0.39 is 17.8 Å². The highest BCUT2D eigenvalue weighted by Crippen LogP contribution is 2.16. The van der Waals surface area contributed by atoms with Crippen LogP contribution < -0.4 is 5.32 Å². The fourth-order valence-electron chi connectivity index (χ4n) is 1.87. The van der Waals surface area contributed by atoms with Crippen molar-refractivity contribution in [3.05, 3.63) is 71.3 Å². The number of hydrogen-bond donors (Lipinski definition) is 3. The minimum absolute atomic E-state index is 0.102. The average molecular weight is 311 g/mol. The number of carboxylic acid groups (broad SMARTS) is 2. The largest absolute Gasteiger partial charge is 0.478 e. The maximum atomic E-state index is 11.9. The molecule has 1 amide bonds. The molecule has 0 aliphatic heterocycles. The van der Waals surface area contributed by atoms with Crippen molar-refractivity contribution in [3.8, 4) is 0 Å². The van der Waals surface area contributed by atoms with Gasteiger partial charge in [-0.3, -0.25) is 4.79 Å². The van der Waals surface area contributed by atoms with Gasteiger partial charge in [-0.15, -0.1) is 0 Å². The highest BCUT2D eigenvalue weighted by Gasteiger charge is 2.12. The highest BCUT2D eigenvalue weighted by atomic mass is 16.4. The van der Waals surface area contributed by atoms with Crippen LogP contribution in [-0.4, -0.2) is 28.1 Å². The second-order valence-electron chi connectivity index (χ2n) is 4.64. The molecule has 2 rings (SSSR count). The second kappa shape index (κ2) is 7.04. The van der Waals surface area contributed by atoms with Gasteiger partial charge in [-0.1, -0.05) is 30.3 Å². The Balaban J connectivity index is 2.18. The fourth-order valence-corrected chi connectivity index (χ4v) is 1.87. The Bertz CT molecular complexity index is 749. The van der Waals surface area contributed by atoms with Crippen molar-refractivity contribution in [2.24, 2.45) is 0 Å². The van der Waals surface area contributed by atoms with E-state index in [1.165, 1.54) is 18.2 Å². The smallest absolute Gasteiger partial charge is 0.335 e. The van der Waals surface area contributed by atoms with Crippen molar-refractivity contribution in [1.82, 2.24) is 0 Å². The third-order valence-corrected chi connectivity index (χ3v) is 2.92. The lowest BCUT2D eigenvalue weighted by Gasteiger charge is -2.06. The van der Waals surface area contributed by atoms with Crippen molar-refractivity contribution >= 4 is 29.6 Å². The van der Waals surface area contributed by atoms with Crippen LogP contribution in [0.25, 0.3) is 6.08 Å². The zero-order valence-corrected chi connectivity index (χ0v) is 11.9. The van der Waals surface area contributed by atoms with Gasteiger partial charge in [0, 0.05) is 11.8 Å². The van der Waals surface area contributed by atoms with Gasteiger partial charge in [-0.2, -0.15) is 0 Å². The lowest BCUT2D eigenvalue weighted by molar-refractivity contribution is -0.111. The molecule has 2 aromatic rings. The molecule has 116 valence electrons. The number of rotatable bonds is 5. The van der Waals surface area contributed by atoms with Crippen LogP contribution in [0.15, 0.2) is 54.6 Å². The number of aromatic carboxylic acids is 2. The van der Waals surface area contributed by atoms with Crippen LogP contribution in [0.2, 0.25) is 0 Å². The molecule has 3 N–H and O–H groups in total. The molecule has 0 atom stereocenters. The van der Waals surface area contributed by atoms with Gasteiger partial charge in [0.1, 0.15) is 0 Å². The average Bonchev–Trinajstić information content (AvgIpc) is 2.53. The van der Waals surface area contributed by atoms with Gasteiger partial charge in [0.15, 0.2) is 0 Å². The van der Waals surface area contributed by atoms with Crippen molar-refractivity contribution in [2.45, 2.75) is 0 Å². The Morgan fingerprint density at radius 2 is 1.43 bits per heavy atom. The third kappa shape index (κ3) is 4.53. The zero-order valence-electron chi connectivity index (χ0n) is 11.9. The maximum absolute atomic E-state index is 11.9. The first kappa shape index (κ1) is 16.0. The van der Waals surface area contributed by atoms with Gasteiger partial charge in [0.2, 0.25) is 5.91 Å². The van der Waals surface area contributed by atoms with Crippen LogP contribution in [0.1, 0.15) is 26.3 Å². The van der Waals surface area contributed by atoms with Gasteiger partial charge >= 0.3 is 11.9 Å². The summed E-state index contributed by atoms with van der Waals surface area (Å²) in [6.45, 7) is 0. The van der Waals surface area contributed by atoms with Gasteiger partial charge in [0.25, 0.3) is 0 Å². The lowest BCUT2D eigenvalue weighted by Crippen LogP contribution is -2.10. The first-order valence-corrected chi connectivity index (χ1v) is 6.61. The number of carboxylic acids is 2. The molecular weight excluding hydrogens is 298 g/mol. The highest BCUT2D eigenvalue weighted by molar-refractivity contribution is 6.04. The van der Waals surface area contributed by atoms with Crippen LogP contribution >= 0.6 is 0 Å². The summed E-state index contributed by atoms with van der Waals surface area (Å²) in [6, 6.07) is 12.6. The molecule has 0 spiro atoms. The molecule has 0 heterocycles. The van der Waals surface area contributed by atoms with Crippen LogP contribution in [0.4, 0.5) is 5.69 Å². The summed E-state index contributed by atoms with van der Waals surface area (Å²) in [5.41, 5.74) is 0.498. The summed E-state index contributed by atoms with van der Waals surface area (Å²) in [6.07, 6.45) is 2.87. The van der Waals surface area contributed by atoms with Gasteiger partial charge in [-0.25, -0.2) is 9.59 Å². The first-order chi connectivity index (χ1) is 11.0. The minimum atomic E-state index is -1.27. The number of nitrogens with one attached hydrogen (secondary N) is 1. The minimum Gasteiger partial charge on any atom is -0.478 e. The number of anilines is 1. The quantitative estimate of drug-likeness (QED) is 0.737. The number of carbonyl (C=O) groups is 3. The molecule has 6 heteroatoms. The molecule has 0 saturated carbocycles. The summed E-state index contributed by atoms with van der Waals surface area (Å²) < 4.78 is 0. The molecule has 0 saturated heterocycles. The molecule has 0 fully saturated rings. The van der Waals surface area contributed by atoms with Crippen molar-refractivity contribution in [2.75, 3.05) is 5.32 Å². The van der Waals surface area contributed by atoms with Crippen molar-refractivity contribution in [3.63, 3.8) is 0 Å². The zero-order chi connectivity index (χ0) is 16.8. The Morgan fingerprint density at radius 1 is 0.870 bits per heavy atom. The second-order valence-corrected chi connectivity index (χ2v) is 4.64. The summed E-state index contributed by atoms with van der Waals surface area (Å²) >= 11 is 0. The summed E-state index contributed by atoms with van der Waals surface area (Å²) in [5.74, 6) is -3.04. The Morgan fingerprint density at radius 3 is 1.96 bits per heavy atom. The van der Waals surface area contributed by atoms with E-state index in [-0.39, 0.29) is 16.8 Å². The molecule has 0 aromatic heterocycles. The van der Waals surface area contributed by atoms with Crippen molar-refractivity contribution in [1.29, 1.82) is 0 Å². The van der Waals surface area contributed by atoms with E-state index in [1.54, 1.807) is 6.08 Å². The monoisotopic (exact) mass is 311 g/mol. The van der Waals surface area contributed by atoms with Crippen LogP contribution in [-0.2, 0) is 4.79 Å². The predicted octanol–water partition coefficient (Wildman–Crippen LogP) is 2.73. The number of amides is 1. The SMILES string of the molecule is O=C(C=Cc1ccccc1)Nc1cc(C(=O)O)cc(C(=O)O)c1. The molecule has 0 unspecified atom stereocenters. The standard InChI is InChI=1S/C17H13NO5/c19-15(7-6-11-4-2-1-3-5-11)18-14-9-12(16(20)21)8-13(10-14)17(22)23/h1-10H,(H,18,19)(H,20,21)(H,22,23). The summed E-state index contributed by atoms with van der Waals surface area (Å²) in [7, 11) is 0. The van der Waals surface area contributed by atoms with Crippen molar-refractivity contribution < 1.29 is 24.6 Å². The summed E-state index contributed by atoms with van der Waals surface area (Å²) in [4.78, 5) is 33.9. The first-order valence-electron chi connectivity index (χ1n) is 6.61. The molecular formula is C17H13NO5. The molecule has 0 aliphatic carbocycles. The van der Waals surface area contributed by atoms with E-state index in [9.17, 15) is 14.4 Å². The van der Waals surface area contributed by atoms with E-state index in [0.717, 1.165) is 11.6 Å². The topological polar surface area (TPSA) is 104 Å². The number of hydrogen-bond acceptors (Lipinski definition) is 3. The van der Waals surface area contributed by atoms with E-state index in [0.29, 0.717) is 0 Å². The van der Waals surface area contributed by atoms with Gasteiger partial charge in [-0.05, 0) is 29.8 Å². The van der Waals surface area contributed by atoms with E-state index in [1.807, 2.05) is 30.3 Å². The molecule has 6 nitrogen and oxygen atoms in total. The maximum Gasteiger partial charge on any atom is 0.335 e. The normalized spacial score (nSPS) is 10.4. The van der Waals surface area contributed by atoms with Crippen LogP contribution in [0.5, 0.6) is 0 Å². The molecule has 23 heavy (non-hydrogen) atoms. The third-order valence-electron chi connectivity index (χ3n) is 2.92. The Kier molecular flexibility index (Phi) is 4.89. The number of carbonyl (C=O) groups excluding carboxylic acids is 1. The van der Waals surface area contributed by atoms with Gasteiger partial charge < -0.3 is 15.5 Å². The number of benzene rings is 2. The molecule has 0 radical (unpaired) electrons. The Labute approximate surface area is 131 Å². The van der Waals surface area contributed by atoms with E-state index in [4.69, 9.17) is 10.2 Å². The lowest BCUT2D eigenvalue weighted by atomic mass is 10.1. The van der Waals surface area contributed by atoms with E-state index >= 15 is 0 Å². The fraction of sp³-hybridized carbons (Fsp3) is 0.